The summed E-state index contributed by atoms with van der Waals surface area (Å²) in [5.74, 6) is 0.818. The zero-order valence-corrected chi connectivity index (χ0v) is 12.7. The number of halogens is 1. The summed E-state index contributed by atoms with van der Waals surface area (Å²) in [4.78, 5) is 2.58. The molecule has 0 radical (unpaired) electrons. The van der Waals surface area contributed by atoms with Crippen molar-refractivity contribution in [3.8, 4) is 0 Å². The van der Waals surface area contributed by atoms with E-state index in [1.807, 2.05) is 18.2 Å². The molecule has 0 bridgehead atoms. The highest BCUT2D eigenvalue weighted by Gasteiger charge is 2.22. The highest BCUT2D eigenvalue weighted by Crippen LogP contribution is 2.24. The van der Waals surface area contributed by atoms with Gasteiger partial charge in [-0.25, -0.2) is 0 Å². The second-order valence-corrected chi connectivity index (χ2v) is 6.41. The molecule has 0 saturated carbocycles. The molecule has 0 amide bonds. The van der Waals surface area contributed by atoms with Crippen LogP contribution in [0.1, 0.15) is 44.7 Å². The molecular weight excluding hydrogens is 256 g/mol. The van der Waals surface area contributed by atoms with Gasteiger partial charge in [-0.1, -0.05) is 30.7 Å². The van der Waals surface area contributed by atoms with Gasteiger partial charge in [-0.05, 0) is 49.8 Å². The summed E-state index contributed by atoms with van der Waals surface area (Å²) < 4.78 is 0. The van der Waals surface area contributed by atoms with Crippen LogP contribution in [0.25, 0.3) is 0 Å². The smallest absolute Gasteiger partial charge is 0.0409 e. The second kappa shape index (κ2) is 6.74. The Morgan fingerprint density at radius 1 is 1.37 bits per heavy atom. The summed E-state index contributed by atoms with van der Waals surface area (Å²) in [6.45, 7) is 6.97. The fourth-order valence-corrected chi connectivity index (χ4v) is 3.10. The Bertz CT molecular complexity index is 407. The second-order valence-electron chi connectivity index (χ2n) is 5.98. The SMILES string of the molecule is CC1CCC(C)N(CCC(N)c2cccc(Cl)c2)C1. The number of nitrogens with two attached hydrogens (primary N) is 1. The lowest BCUT2D eigenvalue weighted by atomic mass is 9.94. The van der Waals surface area contributed by atoms with E-state index in [0.29, 0.717) is 6.04 Å². The van der Waals surface area contributed by atoms with Gasteiger partial charge >= 0.3 is 0 Å². The summed E-state index contributed by atoms with van der Waals surface area (Å²) in [7, 11) is 0. The first-order valence-corrected chi connectivity index (χ1v) is 7.69. The average molecular weight is 281 g/mol. The van der Waals surface area contributed by atoms with Crippen molar-refractivity contribution in [2.45, 2.75) is 45.2 Å². The quantitative estimate of drug-likeness (QED) is 0.908. The van der Waals surface area contributed by atoms with Crippen LogP contribution in [-0.4, -0.2) is 24.0 Å². The van der Waals surface area contributed by atoms with Crippen LogP contribution in [0.4, 0.5) is 0 Å². The van der Waals surface area contributed by atoms with E-state index >= 15 is 0 Å². The van der Waals surface area contributed by atoms with Crippen molar-refractivity contribution in [2.24, 2.45) is 11.7 Å². The number of hydrogen-bond donors (Lipinski definition) is 1. The van der Waals surface area contributed by atoms with Crippen molar-refractivity contribution in [2.75, 3.05) is 13.1 Å². The number of rotatable bonds is 4. The molecule has 1 aliphatic rings. The third kappa shape index (κ3) is 4.20. The van der Waals surface area contributed by atoms with Crippen LogP contribution in [0.15, 0.2) is 24.3 Å². The van der Waals surface area contributed by atoms with E-state index in [4.69, 9.17) is 17.3 Å². The lowest BCUT2D eigenvalue weighted by molar-refractivity contribution is 0.121. The van der Waals surface area contributed by atoms with Gasteiger partial charge in [0.1, 0.15) is 0 Å². The van der Waals surface area contributed by atoms with Crippen molar-refractivity contribution in [1.29, 1.82) is 0 Å². The molecule has 1 heterocycles. The predicted octanol–water partition coefficient (Wildman–Crippen LogP) is 3.85. The van der Waals surface area contributed by atoms with Crippen LogP contribution < -0.4 is 5.73 Å². The number of hydrogen-bond acceptors (Lipinski definition) is 2. The maximum absolute atomic E-state index is 6.28. The number of likely N-dealkylation sites (tertiary alicyclic amines) is 1. The normalized spacial score (nSPS) is 26.3. The van der Waals surface area contributed by atoms with E-state index in [1.54, 1.807) is 0 Å². The summed E-state index contributed by atoms with van der Waals surface area (Å²) >= 11 is 6.01. The van der Waals surface area contributed by atoms with E-state index in [2.05, 4.69) is 24.8 Å². The van der Waals surface area contributed by atoms with Gasteiger partial charge in [0.2, 0.25) is 0 Å². The molecule has 0 spiro atoms. The molecule has 3 heteroatoms. The maximum atomic E-state index is 6.28. The van der Waals surface area contributed by atoms with E-state index < -0.39 is 0 Å². The maximum Gasteiger partial charge on any atom is 0.0409 e. The molecule has 1 aliphatic heterocycles. The van der Waals surface area contributed by atoms with Crippen LogP contribution in [0, 0.1) is 5.92 Å². The summed E-state index contributed by atoms with van der Waals surface area (Å²) in [5.41, 5.74) is 7.42. The summed E-state index contributed by atoms with van der Waals surface area (Å²) in [6, 6.07) is 8.70. The van der Waals surface area contributed by atoms with Crippen LogP contribution in [0.5, 0.6) is 0 Å². The third-order valence-electron chi connectivity index (χ3n) is 4.25. The average Bonchev–Trinajstić information content (AvgIpc) is 2.39. The third-order valence-corrected chi connectivity index (χ3v) is 4.49. The Balaban J connectivity index is 1.87. The predicted molar refractivity (Wildman–Crippen MR) is 82.4 cm³/mol. The van der Waals surface area contributed by atoms with Crippen LogP contribution in [0.2, 0.25) is 5.02 Å². The first-order chi connectivity index (χ1) is 9.06. The molecule has 2 nitrogen and oxygen atoms in total. The Hall–Kier alpha value is -0.570. The lowest BCUT2D eigenvalue weighted by Gasteiger charge is -2.37. The van der Waals surface area contributed by atoms with Crippen LogP contribution >= 0.6 is 11.6 Å². The molecule has 1 aromatic carbocycles. The van der Waals surface area contributed by atoms with Gasteiger partial charge in [0, 0.05) is 30.2 Å². The minimum atomic E-state index is 0.0862. The van der Waals surface area contributed by atoms with Crippen molar-refractivity contribution >= 4 is 11.6 Å². The number of piperidine rings is 1. The van der Waals surface area contributed by atoms with Gasteiger partial charge in [-0.3, -0.25) is 0 Å². The first kappa shape index (κ1) is 14.8. The Morgan fingerprint density at radius 2 is 2.16 bits per heavy atom. The zero-order chi connectivity index (χ0) is 13.8. The van der Waals surface area contributed by atoms with Crippen LogP contribution in [0.3, 0.4) is 0 Å². The monoisotopic (exact) mass is 280 g/mol. The van der Waals surface area contributed by atoms with E-state index in [9.17, 15) is 0 Å². The Labute approximate surface area is 121 Å². The van der Waals surface area contributed by atoms with E-state index in [-0.39, 0.29) is 6.04 Å². The molecule has 2 rings (SSSR count). The van der Waals surface area contributed by atoms with E-state index in [0.717, 1.165) is 29.5 Å². The zero-order valence-electron chi connectivity index (χ0n) is 12.0. The molecule has 0 aromatic heterocycles. The summed E-state index contributed by atoms with van der Waals surface area (Å²) in [6.07, 6.45) is 3.67. The molecule has 19 heavy (non-hydrogen) atoms. The highest BCUT2D eigenvalue weighted by atomic mass is 35.5. The van der Waals surface area contributed by atoms with Gasteiger partial charge in [-0.2, -0.15) is 0 Å². The first-order valence-electron chi connectivity index (χ1n) is 7.31. The fraction of sp³-hybridized carbons (Fsp3) is 0.625. The highest BCUT2D eigenvalue weighted by molar-refractivity contribution is 6.30. The van der Waals surface area contributed by atoms with Gasteiger partial charge in [-0.15, -0.1) is 0 Å². The van der Waals surface area contributed by atoms with E-state index in [1.165, 1.54) is 19.4 Å². The Kier molecular flexibility index (Phi) is 5.26. The molecule has 0 aliphatic carbocycles. The van der Waals surface area contributed by atoms with Gasteiger partial charge < -0.3 is 10.6 Å². The Morgan fingerprint density at radius 3 is 2.89 bits per heavy atom. The topological polar surface area (TPSA) is 29.3 Å². The number of nitrogens with zero attached hydrogens (tertiary/aromatic N) is 1. The molecule has 2 N–H and O–H groups in total. The molecule has 3 unspecified atom stereocenters. The van der Waals surface area contributed by atoms with Crippen molar-refractivity contribution < 1.29 is 0 Å². The minimum absolute atomic E-state index is 0.0862. The lowest BCUT2D eigenvalue weighted by Crippen LogP contribution is -2.42. The molecular formula is C16H25ClN2. The molecule has 1 saturated heterocycles. The largest absolute Gasteiger partial charge is 0.324 e. The fourth-order valence-electron chi connectivity index (χ4n) is 2.90. The standard InChI is InChI=1S/C16H25ClN2/c1-12-6-7-13(2)19(11-12)9-8-16(18)14-4-3-5-15(17)10-14/h3-5,10,12-13,16H,6-9,11,18H2,1-2H3. The van der Waals surface area contributed by atoms with Gasteiger partial charge in [0.25, 0.3) is 0 Å². The van der Waals surface area contributed by atoms with Gasteiger partial charge in [0.05, 0.1) is 0 Å². The summed E-state index contributed by atoms with van der Waals surface area (Å²) in [5, 5.41) is 0.771. The van der Waals surface area contributed by atoms with Crippen molar-refractivity contribution in [3.63, 3.8) is 0 Å². The molecule has 1 fully saturated rings. The minimum Gasteiger partial charge on any atom is -0.324 e. The number of benzene rings is 1. The van der Waals surface area contributed by atoms with Crippen molar-refractivity contribution in [1.82, 2.24) is 4.90 Å². The molecule has 3 atom stereocenters. The van der Waals surface area contributed by atoms with Crippen LogP contribution in [-0.2, 0) is 0 Å². The van der Waals surface area contributed by atoms with Crippen molar-refractivity contribution in [3.05, 3.63) is 34.9 Å². The molecule has 1 aromatic rings. The molecule has 106 valence electrons. The van der Waals surface area contributed by atoms with Gasteiger partial charge in [0.15, 0.2) is 0 Å².